The van der Waals surface area contributed by atoms with Crippen molar-refractivity contribution in [2.24, 2.45) is 5.92 Å². The molecule has 0 spiro atoms. The van der Waals surface area contributed by atoms with Gasteiger partial charge in [-0.25, -0.2) is 8.42 Å². The maximum atomic E-state index is 12.8. The number of hydrogen-bond acceptors (Lipinski definition) is 4. The fraction of sp³-hybridized carbons (Fsp3) is 0.542. The van der Waals surface area contributed by atoms with Crippen LogP contribution in [0.2, 0.25) is 0 Å². The topological polar surface area (TPSA) is 54.5 Å². The summed E-state index contributed by atoms with van der Waals surface area (Å²) in [5.74, 6) is 0.505. The van der Waals surface area contributed by atoms with E-state index in [1.54, 1.807) is 32.1 Å². The third-order valence-corrected chi connectivity index (χ3v) is 9.93. The van der Waals surface area contributed by atoms with Gasteiger partial charge in [-0.05, 0) is 87.1 Å². The smallest absolute Gasteiger partial charge is 0.226 e. The van der Waals surface area contributed by atoms with Crippen molar-refractivity contribution < 1.29 is 13.2 Å². The maximum absolute atomic E-state index is 12.8. The van der Waals surface area contributed by atoms with E-state index in [4.69, 9.17) is 0 Å². The van der Waals surface area contributed by atoms with Crippen molar-refractivity contribution in [3.05, 3.63) is 46.3 Å². The Morgan fingerprint density at radius 2 is 1.80 bits per heavy atom. The molecule has 1 amide bonds. The number of amides is 1. The third-order valence-electron chi connectivity index (χ3n) is 6.05. The van der Waals surface area contributed by atoms with Gasteiger partial charge in [0.1, 0.15) is 0 Å². The first-order valence-corrected chi connectivity index (χ1v) is 13.1. The maximum Gasteiger partial charge on any atom is 0.226 e. The number of carbonyl (C=O) groups excluding carboxylic acids is 1. The minimum absolute atomic E-state index is 0.134. The van der Waals surface area contributed by atoms with Crippen LogP contribution in [0.4, 0.5) is 0 Å². The van der Waals surface area contributed by atoms with E-state index < -0.39 is 14.6 Å². The third kappa shape index (κ3) is 5.33. The summed E-state index contributed by atoms with van der Waals surface area (Å²) in [4.78, 5) is 16.0. The second kappa shape index (κ2) is 8.83. The average Bonchev–Trinajstić information content (AvgIpc) is 3.09. The van der Waals surface area contributed by atoms with Crippen LogP contribution in [0.3, 0.4) is 0 Å². The van der Waals surface area contributed by atoms with Gasteiger partial charge in [-0.3, -0.25) is 4.79 Å². The molecular formula is C24H33NO3S2. The summed E-state index contributed by atoms with van der Waals surface area (Å²) in [5.41, 5.74) is 4.67. The Kier molecular flexibility index (Phi) is 6.78. The minimum Gasteiger partial charge on any atom is -0.342 e. The van der Waals surface area contributed by atoms with E-state index in [-0.39, 0.29) is 17.6 Å². The molecule has 0 radical (unpaired) electrons. The van der Waals surface area contributed by atoms with Gasteiger partial charge >= 0.3 is 0 Å². The monoisotopic (exact) mass is 447 g/mol. The average molecular weight is 448 g/mol. The molecule has 0 bridgehead atoms. The molecule has 1 fully saturated rings. The largest absolute Gasteiger partial charge is 0.342 e. The number of rotatable bonds is 5. The minimum atomic E-state index is -3.12. The highest BCUT2D eigenvalue weighted by Gasteiger charge is 2.33. The molecule has 0 N–H and O–H groups in total. The summed E-state index contributed by atoms with van der Waals surface area (Å²) >= 11 is 1.74. The Morgan fingerprint density at radius 1 is 1.13 bits per heavy atom. The van der Waals surface area contributed by atoms with Gasteiger partial charge < -0.3 is 4.90 Å². The fourth-order valence-corrected chi connectivity index (χ4v) is 6.17. The van der Waals surface area contributed by atoms with Gasteiger partial charge in [-0.2, -0.15) is 0 Å². The van der Waals surface area contributed by atoms with Gasteiger partial charge in [-0.1, -0.05) is 18.2 Å². The lowest BCUT2D eigenvalue weighted by Crippen LogP contribution is -2.42. The number of hydrogen-bond donors (Lipinski definition) is 0. The van der Waals surface area contributed by atoms with E-state index in [1.165, 1.54) is 16.0 Å². The predicted octanol–water partition coefficient (Wildman–Crippen LogP) is 5.03. The van der Waals surface area contributed by atoms with E-state index in [9.17, 15) is 13.2 Å². The quantitative estimate of drug-likeness (QED) is 0.646. The van der Waals surface area contributed by atoms with Crippen LogP contribution in [0, 0.1) is 19.8 Å². The van der Waals surface area contributed by atoms with E-state index >= 15 is 0 Å². The van der Waals surface area contributed by atoms with Crippen LogP contribution < -0.4 is 0 Å². The number of thiophene rings is 1. The van der Waals surface area contributed by atoms with E-state index in [1.807, 2.05) is 4.90 Å². The van der Waals surface area contributed by atoms with Gasteiger partial charge in [0.25, 0.3) is 0 Å². The van der Waals surface area contributed by atoms with Crippen molar-refractivity contribution in [2.75, 3.05) is 18.8 Å². The summed E-state index contributed by atoms with van der Waals surface area (Å²) in [7, 11) is -3.12. The molecule has 0 aliphatic carbocycles. The molecule has 6 heteroatoms. The van der Waals surface area contributed by atoms with Crippen LogP contribution in [0.1, 0.15) is 50.3 Å². The Bertz CT molecular complexity index is 1010. The molecule has 30 heavy (non-hydrogen) atoms. The van der Waals surface area contributed by atoms with Crippen molar-refractivity contribution >= 4 is 27.1 Å². The molecule has 1 aliphatic rings. The molecule has 0 atom stereocenters. The first-order chi connectivity index (χ1) is 14.0. The molecule has 164 valence electrons. The SMILES string of the molecule is Cc1csc(-c2ccc(CC(=O)N3CCC(CS(=O)(=O)C(C)(C)C)CC3)c(C)c2)c1. The van der Waals surface area contributed by atoms with Crippen molar-refractivity contribution in [3.8, 4) is 10.4 Å². The van der Waals surface area contributed by atoms with Crippen LogP contribution in [0.5, 0.6) is 0 Å². The van der Waals surface area contributed by atoms with Crippen LogP contribution in [0.15, 0.2) is 29.6 Å². The first kappa shape index (κ1) is 23.0. The number of piperidine rings is 1. The van der Waals surface area contributed by atoms with Crippen LogP contribution in [-0.4, -0.2) is 42.8 Å². The molecule has 2 heterocycles. The Hall–Kier alpha value is -1.66. The Balaban J connectivity index is 1.57. The highest BCUT2D eigenvalue weighted by atomic mass is 32.2. The predicted molar refractivity (Wildman–Crippen MR) is 126 cm³/mol. The highest BCUT2D eigenvalue weighted by molar-refractivity contribution is 7.92. The lowest BCUT2D eigenvalue weighted by Gasteiger charge is -2.33. The molecule has 2 aromatic rings. The van der Waals surface area contributed by atoms with Crippen molar-refractivity contribution in [3.63, 3.8) is 0 Å². The highest BCUT2D eigenvalue weighted by Crippen LogP contribution is 2.29. The zero-order valence-electron chi connectivity index (χ0n) is 18.7. The fourth-order valence-electron chi connectivity index (χ4n) is 3.81. The number of nitrogens with zero attached hydrogens (tertiary/aromatic N) is 1. The summed E-state index contributed by atoms with van der Waals surface area (Å²) in [6, 6.07) is 8.52. The zero-order chi connectivity index (χ0) is 22.1. The Morgan fingerprint density at radius 3 is 2.33 bits per heavy atom. The summed E-state index contributed by atoms with van der Waals surface area (Å²) in [6.07, 6.45) is 1.92. The summed E-state index contributed by atoms with van der Waals surface area (Å²) in [5, 5.41) is 2.15. The molecule has 1 aliphatic heterocycles. The standard InChI is InChI=1S/C24H33NO3S2/c1-17-12-22(29-15-17)21-7-6-20(18(2)13-21)14-23(26)25-10-8-19(9-11-25)16-30(27,28)24(3,4)5/h6-7,12-13,15,19H,8-11,14,16H2,1-5H3. The lowest BCUT2D eigenvalue weighted by atomic mass is 9.97. The van der Waals surface area contributed by atoms with Crippen molar-refractivity contribution in [1.82, 2.24) is 4.90 Å². The van der Waals surface area contributed by atoms with Gasteiger partial charge in [0.05, 0.1) is 16.9 Å². The zero-order valence-corrected chi connectivity index (χ0v) is 20.3. The number of sulfone groups is 1. The van der Waals surface area contributed by atoms with E-state index in [0.29, 0.717) is 19.5 Å². The second-order valence-electron chi connectivity index (χ2n) is 9.52. The number of benzene rings is 1. The summed E-state index contributed by atoms with van der Waals surface area (Å²) in [6.45, 7) is 10.7. The molecule has 4 nitrogen and oxygen atoms in total. The van der Waals surface area contributed by atoms with Crippen LogP contribution in [-0.2, 0) is 21.1 Å². The number of aryl methyl sites for hydroxylation is 2. The van der Waals surface area contributed by atoms with Crippen LogP contribution in [0.25, 0.3) is 10.4 Å². The molecule has 0 unspecified atom stereocenters. The normalized spacial score (nSPS) is 16.1. The molecule has 1 aromatic heterocycles. The molecule has 0 saturated carbocycles. The number of carbonyl (C=O) groups is 1. The van der Waals surface area contributed by atoms with E-state index in [0.717, 1.165) is 24.0 Å². The van der Waals surface area contributed by atoms with Gasteiger partial charge in [-0.15, -0.1) is 11.3 Å². The van der Waals surface area contributed by atoms with Gasteiger partial charge in [0.2, 0.25) is 5.91 Å². The molecule has 1 saturated heterocycles. The van der Waals surface area contributed by atoms with Gasteiger partial charge in [0.15, 0.2) is 9.84 Å². The van der Waals surface area contributed by atoms with E-state index in [2.05, 4.69) is 43.5 Å². The number of likely N-dealkylation sites (tertiary alicyclic amines) is 1. The summed E-state index contributed by atoms with van der Waals surface area (Å²) < 4.78 is 24.2. The molecular weight excluding hydrogens is 414 g/mol. The Labute approximate surface area is 185 Å². The van der Waals surface area contributed by atoms with Crippen molar-refractivity contribution in [2.45, 2.75) is 58.6 Å². The van der Waals surface area contributed by atoms with Crippen molar-refractivity contribution in [1.29, 1.82) is 0 Å². The first-order valence-electron chi connectivity index (χ1n) is 10.6. The molecule has 1 aromatic carbocycles. The van der Waals surface area contributed by atoms with Gasteiger partial charge in [0, 0.05) is 18.0 Å². The molecule has 3 rings (SSSR count). The van der Waals surface area contributed by atoms with Crippen LogP contribution >= 0.6 is 11.3 Å². The second-order valence-corrected chi connectivity index (χ2v) is 13.2. The lowest BCUT2D eigenvalue weighted by molar-refractivity contribution is -0.131.